The smallest absolute Gasteiger partial charge is 0.254 e. The van der Waals surface area contributed by atoms with E-state index < -0.39 is 0 Å². The lowest BCUT2D eigenvalue weighted by molar-refractivity contribution is 0.0966. The summed E-state index contributed by atoms with van der Waals surface area (Å²) in [5.74, 6) is 0.511. The van der Waals surface area contributed by atoms with Crippen molar-refractivity contribution in [3.8, 4) is 11.3 Å². The van der Waals surface area contributed by atoms with Crippen LogP contribution in [0.2, 0.25) is 0 Å². The topological polar surface area (TPSA) is 93.0 Å². The Morgan fingerprint density at radius 1 is 1.28 bits per heavy atom. The zero-order chi connectivity index (χ0) is 26.9. The summed E-state index contributed by atoms with van der Waals surface area (Å²) in [5.41, 5.74) is 6.51. The number of carbonyl (C=O) groups is 1. The standard InChI is InChI=1S/C29H31FN6O3/c1-35(10-12-38-2)16-24-20(18-8-11-39-17-18)4-6-26(34-24)33-23-5-3-21(22-14-32-29(37)28(22)23)25-15-31-27-13-19(30)7-9-36(25)27/h3-7,9,13,15,18H,8,10-12,14,16-17H2,1-2H3,(H,32,37)(H,33,34)/t18-/m1/s1. The fourth-order valence-corrected chi connectivity index (χ4v) is 5.43. The molecule has 2 aliphatic rings. The second-order valence-electron chi connectivity index (χ2n) is 10.1. The van der Waals surface area contributed by atoms with Gasteiger partial charge in [0.15, 0.2) is 0 Å². The van der Waals surface area contributed by atoms with E-state index in [9.17, 15) is 9.18 Å². The van der Waals surface area contributed by atoms with Crippen LogP contribution in [0.5, 0.6) is 0 Å². The molecule has 202 valence electrons. The van der Waals surface area contributed by atoms with E-state index in [4.69, 9.17) is 14.5 Å². The van der Waals surface area contributed by atoms with Crippen LogP contribution < -0.4 is 10.6 Å². The molecule has 0 bridgehead atoms. The average molecular weight is 531 g/mol. The lowest BCUT2D eigenvalue weighted by Crippen LogP contribution is -2.24. The monoisotopic (exact) mass is 530 g/mol. The Balaban J connectivity index is 1.34. The summed E-state index contributed by atoms with van der Waals surface area (Å²) in [6.45, 7) is 3.98. The minimum atomic E-state index is -0.343. The molecule has 2 N–H and O–H groups in total. The van der Waals surface area contributed by atoms with E-state index in [0.29, 0.717) is 54.9 Å². The molecule has 5 heterocycles. The van der Waals surface area contributed by atoms with Crippen molar-refractivity contribution < 1.29 is 18.7 Å². The number of rotatable bonds is 9. The number of anilines is 2. The highest BCUT2D eigenvalue weighted by Gasteiger charge is 2.28. The van der Waals surface area contributed by atoms with Crippen molar-refractivity contribution >= 4 is 23.1 Å². The maximum atomic E-state index is 13.7. The summed E-state index contributed by atoms with van der Waals surface area (Å²) in [7, 11) is 3.76. The Hall–Kier alpha value is -3.86. The molecule has 1 amide bonds. The molecule has 0 spiro atoms. The highest BCUT2D eigenvalue weighted by molar-refractivity contribution is 6.06. The van der Waals surface area contributed by atoms with E-state index in [1.807, 2.05) is 22.6 Å². The molecule has 1 fully saturated rings. The Bertz CT molecular complexity index is 1530. The molecule has 6 rings (SSSR count). The number of fused-ring (bicyclic) bond motifs is 2. The number of benzene rings is 1. The normalized spacial score (nSPS) is 16.7. The number of nitrogens with zero attached hydrogens (tertiary/aromatic N) is 4. The zero-order valence-electron chi connectivity index (χ0n) is 22.0. The van der Waals surface area contributed by atoms with Crippen molar-refractivity contribution in [3.63, 3.8) is 0 Å². The van der Waals surface area contributed by atoms with Crippen LogP contribution in [0.1, 0.15) is 39.5 Å². The third kappa shape index (κ3) is 4.98. The van der Waals surface area contributed by atoms with Crippen LogP contribution in [0, 0.1) is 5.82 Å². The van der Waals surface area contributed by atoms with E-state index in [1.54, 1.807) is 19.5 Å². The van der Waals surface area contributed by atoms with E-state index in [0.717, 1.165) is 42.1 Å². The van der Waals surface area contributed by atoms with Gasteiger partial charge in [-0.3, -0.25) is 14.1 Å². The molecule has 3 aromatic heterocycles. The van der Waals surface area contributed by atoms with Gasteiger partial charge in [-0.15, -0.1) is 0 Å². The van der Waals surface area contributed by atoms with Gasteiger partial charge in [-0.25, -0.2) is 14.4 Å². The van der Waals surface area contributed by atoms with E-state index >= 15 is 0 Å². The number of amides is 1. The molecule has 9 nitrogen and oxygen atoms in total. The number of imidazole rings is 1. The summed E-state index contributed by atoms with van der Waals surface area (Å²) < 4.78 is 26.4. The fourth-order valence-electron chi connectivity index (χ4n) is 5.43. The number of carbonyl (C=O) groups excluding carboxylic acids is 1. The third-order valence-electron chi connectivity index (χ3n) is 7.46. The summed E-state index contributed by atoms with van der Waals surface area (Å²) >= 11 is 0. The van der Waals surface area contributed by atoms with Crippen LogP contribution in [0.3, 0.4) is 0 Å². The number of likely N-dealkylation sites (N-methyl/N-ethyl adjacent to an activating group) is 1. The average Bonchev–Trinajstić information content (AvgIpc) is 3.69. The largest absolute Gasteiger partial charge is 0.383 e. The van der Waals surface area contributed by atoms with Crippen molar-refractivity contribution in [2.24, 2.45) is 0 Å². The molecule has 39 heavy (non-hydrogen) atoms. The molecule has 0 saturated carbocycles. The van der Waals surface area contributed by atoms with Crippen molar-refractivity contribution in [1.29, 1.82) is 0 Å². The van der Waals surface area contributed by atoms with Gasteiger partial charge in [-0.1, -0.05) is 12.1 Å². The molecule has 2 aliphatic heterocycles. The van der Waals surface area contributed by atoms with Crippen molar-refractivity contribution in [1.82, 2.24) is 24.6 Å². The van der Waals surface area contributed by atoms with Crippen LogP contribution in [-0.2, 0) is 22.6 Å². The van der Waals surface area contributed by atoms with Crippen LogP contribution in [-0.4, -0.2) is 65.7 Å². The van der Waals surface area contributed by atoms with Gasteiger partial charge in [0.25, 0.3) is 5.91 Å². The second-order valence-corrected chi connectivity index (χ2v) is 10.1. The molecule has 0 aliphatic carbocycles. The lowest BCUT2D eigenvalue weighted by Gasteiger charge is -2.21. The Morgan fingerprint density at radius 3 is 3.00 bits per heavy atom. The Labute approximate surface area is 226 Å². The molecule has 1 atom stereocenters. The summed E-state index contributed by atoms with van der Waals surface area (Å²) in [6.07, 6.45) is 4.34. The SMILES string of the molecule is COCCN(C)Cc1nc(Nc2ccc(-c3cnc4cc(F)ccn34)c3c2C(=O)NC3)ccc1[C@@H]1CCOC1. The predicted molar refractivity (Wildman–Crippen MR) is 146 cm³/mol. The molecule has 1 saturated heterocycles. The maximum Gasteiger partial charge on any atom is 0.254 e. The van der Waals surface area contributed by atoms with Crippen LogP contribution in [0.4, 0.5) is 15.9 Å². The molecular weight excluding hydrogens is 499 g/mol. The fraction of sp³-hybridized carbons (Fsp3) is 0.345. The van der Waals surface area contributed by atoms with Crippen LogP contribution in [0.15, 0.2) is 48.8 Å². The molecule has 0 unspecified atom stereocenters. The number of ether oxygens (including phenoxy) is 2. The van der Waals surface area contributed by atoms with Gasteiger partial charge in [0, 0.05) is 57.1 Å². The number of hydrogen-bond donors (Lipinski definition) is 2. The van der Waals surface area contributed by atoms with Gasteiger partial charge >= 0.3 is 0 Å². The molecule has 1 aromatic carbocycles. The quantitative estimate of drug-likeness (QED) is 0.337. The molecule has 10 heteroatoms. The minimum absolute atomic E-state index is 0.145. The van der Waals surface area contributed by atoms with E-state index in [2.05, 4.69) is 33.6 Å². The minimum Gasteiger partial charge on any atom is -0.383 e. The van der Waals surface area contributed by atoms with Crippen molar-refractivity contribution in [2.45, 2.75) is 25.4 Å². The molecule has 4 aromatic rings. The third-order valence-corrected chi connectivity index (χ3v) is 7.46. The number of nitrogens with one attached hydrogen (secondary N) is 2. The van der Waals surface area contributed by atoms with Gasteiger partial charge < -0.3 is 20.1 Å². The van der Waals surface area contributed by atoms with Gasteiger partial charge in [0.1, 0.15) is 17.3 Å². The van der Waals surface area contributed by atoms with Crippen molar-refractivity contribution in [2.75, 3.05) is 45.8 Å². The van der Waals surface area contributed by atoms with Gasteiger partial charge in [-0.05, 0) is 42.8 Å². The first kappa shape index (κ1) is 25.4. The summed E-state index contributed by atoms with van der Waals surface area (Å²) in [6, 6.07) is 10.7. The van der Waals surface area contributed by atoms with E-state index in [-0.39, 0.29) is 11.7 Å². The van der Waals surface area contributed by atoms with Gasteiger partial charge in [0.05, 0.1) is 42.0 Å². The van der Waals surface area contributed by atoms with Gasteiger partial charge in [0.2, 0.25) is 0 Å². The van der Waals surface area contributed by atoms with Crippen molar-refractivity contribution in [3.05, 3.63) is 77.0 Å². The Kier molecular flexibility index (Phi) is 6.99. The number of methoxy groups -OCH3 is 1. The first-order valence-electron chi connectivity index (χ1n) is 13.1. The van der Waals surface area contributed by atoms with Crippen LogP contribution >= 0.6 is 0 Å². The summed E-state index contributed by atoms with van der Waals surface area (Å²) in [5, 5.41) is 6.36. The Morgan fingerprint density at radius 2 is 2.18 bits per heavy atom. The van der Waals surface area contributed by atoms with Crippen LogP contribution in [0.25, 0.3) is 16.9 Å². The molecular formula is C29H31FN6O3. The maximum absolute atomic E-state index is 13.7. The lowest BCUT2D eigenvalue weighted by atomic mass is 9.96. The number of hydrogen-bond acceptors (Lipinski definition) is 7. The zero-order valence-corrected chi connectivity index (χ0v) is 22.0. The predicted octanol–water partition coefficient (Wildman–Crippen LogP) is 4.10. The highest BCUT2D eigenvalue weighted by atomic mass is 19.1. The number of pyridine rings is 2. The first-order chi connectivity index (χ1) is 19.0. The second kappa shape index (κ2) is 10.7. The number of halogens is 1. The number of aromatic nitrogens is 3. The highest BCUT2D eigenvalue weighted by Crippen LogP contribution is 2.36. The van der Waals surface area contributed by atoms with Gasteiger partial charge in [-0.2, -0.15) is 0 Å². The van der Waals surface area contributed by atoms with E-state index in [1.165, 1.54) is 17.7 Å². The summed E-state index contributed by atoms with van der Waals surface area (Å²) in [4.78, 5) is 24.5. The first-order valence-corrected chi connectivity index (χ1v) is 13.1. The molecule has 0 radical (unpaired) electrons.